The van der Waals surface area contributed by atoms with Crippen LogP contribution in [-0.2, 0) is 6.42 Å². The van der Waals surface area contributed by atoms with Gasteiger partial charge in [0.15, 0.2) is 0 Å². The van der Waals surface area contributed by atoms with E-state index in [0.717, 1.165) is 21.3 Å². The summed E-state index contributed by atoms with van der Waals surface area (Å²) < 4.78 is 7.05. The highest BCUT2D eigenvalue weighted by atomic mass is 79.9. The topological polar surface area (TPSA) is 55.5 Å². The Labute approximate surface area is 127 Å². The van der Waals surface area contributed by atoms with Crippen LogP contribution in [0.5, 0.6) is 5.75 Å². The summed E-state index contributed by atoms with van der Waals surface area (Å²) in [6.07, 6.45) is 0.385. The van der Waals surface area contributed by atoms with E-state index in [1.165, 1.54) is 0 Å². The Kier molecular flexibility index (Phi) is 5.59. The second kappa shape index (κ2) is 7.43. The number of nitrogens with two attached hydrogens (primary N) is 1. The average Bonchev–Trinajstić information content (AvgIpc) is 2.48. The predicted octanol–water partition coefficient (Wildman–Crippen LogP) is 3.06. The molecule has 2 rings (SSSR count). The van der Waals surface area contributed by atoms with Gasteiger partial charge in [-0.3, -0.25) is 0 Å². The smallest absolute Gasteiger partial charge is 0.136 e. The zero-order chi connectivity index (χ0) is 14.4. The quantitative estimate of drug-likeness (QED) is 0.852. The fourth-order valence-corrected chi connectivity index (χ4v) is 2.29. The van der Waals surface area contributed by atoms with E-state index in [4.69, 9.17) is 15.6 Å². The van der Waals surface area contributed by atoms with Gasteiger partial charge in [-0.1, -0.05) is 46.3 Å². The monoisotopic (exact) mass is 335 g/mol. The van der Waals surface area contributed by atoms with Crippen molar-refractivity contribution in [3.8, 4) is 5.75 Å². The molecule has 4 heteroatoms. The van der Waals surface area contributed by atoms with Crippen molar-refractivity contribution in [2.75, 3.05) is 13.2 Å². The van der Waals surface area contributed by atoms with Crippen LogP contribution in [0.25, 0.3) is 0 Å². The molecule has 0 radical (unpaired) electrons. The number of aliphatic hydroxyl groups excluding tert-OH is 1. The summed E-state index contributed by atoms with van der Waals surface area (Å²) in [5.74, 6) is 0.778. The largest absolute Gasteiger partial charge is 0.484 e. The number of ether oxygens (including phenoxy) is 1. The van der Waals surface area contributed by atoms with Crippen molar-refractivity contribution in [1.82, 2.24) is 0 Å². The van der Waals surface area contributed by atoms with Gasteiger partial charge in [0.05, 0.1) is 0 Å². The Hall–Kier alpha value is -1.36. The van der Waals surface area contributed by atoms with Crippen LogP contribution in [0.1, 0.15) is 17.2 Å². The number of rotatable bonds is 6. The van der Waals surface area contributed by atoms with Crippen molar-refractivity contribution in [2.24, 2.45) is 5.73 Å². The molecule has 0 aliphatic heterocycles. The molecule has 0 aliphatic rings. The van der Waals surface area contributed by atoms with Crippen LogP contribution in [0.15, 0.2) is 53.0 Å². The van der Waals surface area contributed by atoms with Crippen LogP contribution in [0, 0.1) is 0 Å². The van der Waals surface area contributed by atoms with Gasteiger partial charge in [0, 0.05) is 17.6 Å². The second-order valence-electron chi connectivity index (χ2n) is 4.48. The summed E-state index contributed by atoms with van der Waals surface area (Å²) in [6.45, 7) is 0.501. The zero-order valence-electron chi connectivity index (χ0n) is 11.1. The lowest BCUT2D eigenvalue weighted by Gasteiger charge is -2.20. The molecule has 0 heterocycles. The molecule has 3 N–H and O–H groups in total. The number of halogens is 1. The number of hydrogen-bond donors (Lipinski definition) is 2. The maximum Gasteiger partial charge on any atom is 0.136 e. The second-order valence-corrected chi connectivity index (χ2v) is 5.39. The fraction of sp³-hybridized carbons (Fsp3) is 0.250. The SMILES string of the molecule is NCC(Oc1ccccc1CCO)c1ccc(Br)cc1. The number of hydrogen-bond acceptors (Lipinski definition) is 3. The molecule has 0 fully saturated rings. The van der Waals surface area contributed by atoms with Gasteiger partial charge < -0.3 is 15.6 Å². The molecule has 0 aromatic heterocycles. The molecule has 106 valence electrons. The summed E-state index contributed by atoms with van der Waals surface area (Å²) in [6, 6.07) is 15.7. The predicted molar refractivity (Wildman–Crippen MR) is 83.8 cm³/mol. The molecule has 2 aromatic carbocycles. The van der Waals surface area contributed by atoms with Crippen molar-refractivity contribution < 1.29 is 9.84 Å². The van der Waals surface area contributed by atoms with Gasteiger partial charge in [-0.25, -0.2) is 0 Å². The number of para-hydroxylation sites is 1. The Morgan fingerprint density at radius 3 is 2.45 bits per heavy atom. The fourth-order valence-electron chi connectivity index (χ4n) is 2.03. The van der Waals surface area contributed by atoms with E-state index in [-0.39, 0.29) is 12.7 Å². The normalized spacial score (nSPS) is 12.2. The molecule has 0 spiro atoms. The Bertz CT molecular complexity index is 542. The first-order valence-electron chi connectivity index (χ1n) is 6.55. The highest BCUT2D eigenvalue weighted by molar-refractivity contribution is 9.10. The van der Waals surface area contributed by atoms with Crippen molar-refractivity contribution in [1.29, 1.82) is 0 Å². The van der Waals surface area contributed by atoms with Crippen LogP contribution < -0.4 is 10.5 Å². The van der Waals surface area contributed by atoms with Crippen molar-refractivity contribution in [3.63, 3.8) is 0 Å². The van der Waals surface area contributed by atoms with Crippen molar-refractivity contribution in [3.05, 3.63) is 64.1 Å². The third-order valence-electron chi connectivity index (χ3n) is 3.08. The minimum Gasteiger partial charge on any atom is -0.484 e. The third-order valence-corrected chi connectivity index (χ3v) is 3.61. The van der Waals surface area contributed by atoms with E-state index in [2.05, 4.69) is 15.9 Å². The summed E-state index contributed by atoms with van der Waals surface area (Å²) in [7, 11) is 0. The van der Waals surface area contributed by atoms with E-state index >= 15 is 0 Å². The lowest BCUT2D eigenvalue weighted by Crippen LogP contribution is -2.19. The molecule has 20 heavy (non-hydrogen) atoms. The molecule has 1 unspecified atom stereocenters. The number of benzene rings is 2. The first-order valence-corrected chi connectivity index (χ1v) is 7.35. The Morgan fingerprint density at radius 1 is 1.10 bits per heavy atom. The van der Waals surface area contributed by atoms with Gasteiger partial charge >= 0.3 is 0 Å². The Balaban J connectivity index is 2.20. The van der Waals surface area contributed by atoms with Crippen LogP contribution in [0.4, 0.5) is 0 Å². The molecule has 0 bridgehead atoms. The minimum absolute atomic E-state index is 0.103. The van der Waals surface area contributed by atoms with E-state index in [9.17, 15) is 0 Å². The molecular formula is C16H18BrNO2. The Morgan fingerprint density at radius 2 is 1.80 bits per heavy atom. The first kappa shape index (κ1) is 15.0. The molecule has 2 aromatic rings. The minimum atomic E-state index is -0.192. The molecule has 0 saturated heterocycles. The van der Waals surface area contributed by atoms with E-state index in [1.54, 1.807) is 0 Å². The van der Waals surface area contributed by atoms with Gasteiger partial charge in [-0.15, -0.1) is 0 Å². The first-order chi connectivity index (χ1) is 9.74. The van der Waals surface area contributed by atoms with Crippen molar-refractivity contribution >= 4 is 15.9 Å². The highest BCUT2D eigenvalue weighted by Gasteiger charge is 2.13. The third kappa shape index (κ3) is 3.82. The average molecular weight is 336 g/mol. The van der Waals surface area contributed by atoms with Gasteiger partial charge in [-0.05, 0) is 35.7 Å². The van der Waals surface area contributed by atoms with E-state index in [1.807, 2.05) is 48.5 Å². The van der Waals surface area contributed by atoms with Crippen LogP contribution in [0.3, 0.4) is 0 Å². The van der Waals surface area contributed by atoms with Crippen LogP contribution in [-0.4, -0.2) is 18.3 Å². The summed E-state index contributed by atoms with van der Waals surface area (Å²) in [5.41, 5.74) is 7.86. The molecule has 0 amide bonds. The summed E-state index contributed by atoms with van der Waals surface area (Å²) >= 11 is 3.42. The summed E-state index contributed by atoms with van der Waals surface area (Å²) in [5, 5.41) is 9.10. The van der Waals surface area contributed by atoms with Gasteiger partial charge in [0.1, 0.15) is 11.9 Å². The molecule has 0 aliphatic carbocycles. The lowest BCUT2D eigenvalue weighted by atomic mass is 10.1. The molecular weight excluding hydrogens is 318 g/mol. The van der Waals surface area contributed by atoms with Gasteiger partial charge in [0.25, 0.3) is 0 Å². The maximum absolute atomic E-state index is 9.10. The lowest BCUT2D eigenvalue weighted by molar-refractivity contribution is 0.210. The van der Waals surface area contributed by atoms with Crippen LogP contribution >= 0.6 is 15.9 Å². The number of aliphatic hydroxyl groups is 1. The molecule has 1 atom stereocenters. The van der Waals surface area contributed by atoms with E-state index in [0.29, 0.717) is 13.0 Å². The zero-order valence-corrected chi connectivity index (χ0v) is 12.7. The molecule has 3 nitrogen and oxygen atoms in total. The van der Waals surface area contributed by atoms with Crippen molar-refractivity contribution in [2.45, 2.75) is 12.5 Å². The maximum atomic E-state index is 9.10. The van der Waals surface area contributed by atoms with E-state index < -0.39 is 0 Å². The highest BCUT2D eigenvalue weighted by Crippen LogP contribution is 2.26. The van der Waals surface area contributed by atoms with Gasteiger partial charge in [0.2, 0.25) is 0 Å². The van der Waals surface area contributed by atoms with Gasteiger partial charge in [-0.2, -0.15) is 0 Å². The standard InChI is InChI=1S/C16H18BrNO2/c17-14-7-5-13(6-8-14)16(11-18)20-15-4-2-1-3-12(15)9-10-19/h1-8,16,19H,9-11,18H2. The molecule has 0 saturated carbocycles. The van der Waals surface area contributed by atoms with Crippen LogP contribution in [0.2, 0.25) is 0 Å². The summed E-state index contributed by atoms with van der Waals surface area (Å²) in [4.78, 5) is 0.